The fourth-order valence-electron chi connectivity index (χ4n) is 4.34. The highest BCUT2D eigenvalue weighted by Crippen LogP contribution is 2.22. The fraction of sp³-hybridized carbons (Fsp3) is 0.200. The number of hydrogen-bond acceptors (Lipinski definition) is 4. The molecule has 0 radical (unpaired) electrons. The van der Waals surface area contributed by atoms with Crippen LogP contribution < -0.4 is 5.43 Å². The first-order valence-electron chi connectivity index (χ1n) is 12.5. The van der Waals surface area contributed by atoms with Gasteiger partial charge in [-0.2, -0.15) is 9.41 Å². The number of nitrogens with one attached hydrogen (secondary N) is 1. The average Bonchev–Trinajstić information content (AvgIpc) is 3.19. The Morgan fingerprint density at radius 1 is 0.974 bits per heavy atom. The second-order valence-corrected chi connectivity index (χ2v) is 11.7. The number of halogens is 1. The molecule has 3 aromatic carbocycles. The molecule has 0 atom stereocenters. The lowest BCUT2D eigenvalue weighted by Gasteiger charge is -2.21. The molecule has 0 saturated carbocycles. The SMILES string of the molecule is Cc1ccc(S(=O)(=O)N(CCc2ccccc2)CC(=O)N/N=C/c2cc(C)n(-c3cccc(Cl)c3)c2C)cc1. The molecule has 4 aromatic rings. The van der Waals surface area contributed by atoms with E-state index in [0.29, 0.717) is 11.4 Å². The van der Waals surface area contributed by atoms with Gasteiger partial charge in [0.1, 0.15) is 0 Å². The monoisotopic (exact) mass is 562 g/mol. The van der Waals surface area contributed by atoms with Crippen LogP contribution >= 0.6 is 11.6 Å². The Bertz CT molecular complexity index is 1580. The maximum atomic E-state index is 13.4. The van der Waals surface area contributed by atoms with E-state index in [4.69, 9.17) is 11.6 Å². The van der Waals surface area contributed by atoms with E-state index in [1.807, 2.05) is 81.4 Å². The van der Waals surface area contributed by atoms with Crippen LogP contribution in [0.1, 0.15) is 28.1 Å². The van der Waals surface area contributed by atoms with E-state index >= 15 is 0 Å². The molecule has 7 nitrogen and oxygen atoms in total. The summed E-state index contributed by atoms with van der Waals surface area (Å²) in [5, 5.41) is 4.76. The standard InChI is InChI=1S/C30H31ClN4O3S/c1-22-12-14-29(15-13-22)39(37,38)34(17-16-25-8-5-4-6-9-25)21-30(36)33-32-20-26-18-23(2)35(24(26)3)28-11-7-10-27(31)19-28/h4-15,18-20H,16-17,21H2,1-3H3,(H,33,36)/b32-20+. The summed E-state index contributed by atoms with van der Waals surface area (Å²) in [6.45, 7) is 5.61. The second-order valence-electron chi connectivity index (χ2n) is 9.32. The molecule has 0 aliphatic rings. The number of sulfonamides is 1. The lowest BCUT2D eigenvalue weighted by Crippen LogP contribution is -2.40. The van der Waals surface area contributed by atoms with E-state index in [0.717, 1.165) is 33.8 Å². The second kappa shape index (κ2) is 12.4. The van der Waals surface area contributed by atoms with Crippen molar-refractivity contribution in [2.24, 2.45) is 5.10 Å². The van der Waals surface area contributed by atoms with Crippen molar-refractivity contribution in [1.29, 1.82) is 0 Å². The minimum absolute atomic E-state index is 0.144. The van der Waals surface area contributed by atoms with Crippen molar-refractivity contribution in [3.05, 3.63) is 118 Å². The molecule has 9 heteroatoms. The molecule has 1 amide bonds. The third kappa shape index (κ3) is 7.03. The normalized spacial score (nSPS) is 11.8. The van der Waals surface area contributed by atoms with Crippen LogP contribution in [0.2, 0.25) is 5.02 Å². The molecule has 0 fully saturated rings. The number of amides is 1. The molecule has 0 saturated heterocycles. The third-order valence-electron chi connectivity index (χ3n) is 6.40. The number of rotatable bonds is 10. The number of carbonyl (C=O) groups excluding carboxylic acids is 1. The molecule has 4 rings (SSSR count). The van der Waals surface area contributed by atoms with E-state index in [9.17, 15) is 13.2 Å². The van der Waals surface area contributed by atoms with Crippen LogP contribution in [0.25, 0.3) is 5.69 Å². The van der Waals surface area contributed by atoms with Crippen LogP contribution in [-0.4, -0.2) is 42.5 Å². The van der Waals surface area contributed by atoms with Gasteiger partial charge < -0.3 is 4.57 Å². The van der Waals surface area contributed by atoms with Crippen molar-refractivity contribution in [3.63, 3.8) is 0 Å². The van der Waals surface area contributed by atoms with Gasteiger partial charge in [0.05, 0.1) is 17.7 Å². The highest BCUT2D eigenvalue weighted by atomic mass is 35.5. The van der Waals surface area contributed by atoms with Crippen LogP contribution in [0.4, 0.5) is 0 Å². The van der Waals surface area contributed by atoms with Crippen LogP contribution in [0.15, 0.2) is 94.9 Å². The van der Waals surface area contributed by atoms with Gasteiger partial charge in [-0.15, -0.1) is 0 Å². The maximum Gasteiger partial charge on any atom is 0.255 e. The zero-order chi connectivity index (χ0) is 28.0. The van der Waals surface area contributed by atoms with Gasteiger partial charge >= 0.3 is 0 Å². The molecule has 202 valence electrons. The number of hydrogen-bond donors (Lipinski definition) is 1. The number of benzene rings is 3. The summed E-state index contributed by atoms with van der Waals surface area (Å²) in [6, 6.07) is 25.7. The van der Waals surface area contributed by atoms with E-state index in [1.165, 1.54) is 4.31 Å². The Morgan fingerprint density at radius 2 is 1.69 bits per heavy atom. The Morgan fingerprint density at radius 3 is 2.38 bits per heavy atom. The van der Waals surface area contributed by atoms with Crippen molar-refractivity contribution in [3.8, 4) is 5.69 Å². The number of aryl methyl sites for hydroxylation is 2. The third-order valence-corrected chi connectivity index (χ3v) is 8.50. The summed E-state index contributed by atoms with van der Waals surface area (Å²) >= 11 is 6.17. The van der Waals surface area contributed by atoms with Crippen LogP contribution in [0.5, 0.6) is 0 Å². The van der Waals surface area contributed by atoms with E-state index in [2.05, 4.69) is 15.1 Å². The molecule has 0 aliphatic heterocycles. The zero-order valence-corrected chi connectivity index (χ0v) is 23.7. The minimum atomic E-state index is -3.90. The molecule has 0 unspecified atom stereocenters. The maximum absolute atomic E-state index is 13.4. The van der Waals surface area contributed by atoms with Gasteiger partial charge in [0.25, 0.3) is 5.91 Å². The Kier molecular flexibility index (Phi) is 9.01. The average molecular weight is 563 g/mol. The summed E-state index contributed by atoms with van der Waals surface area (Å²) in [7, 11) is -3.90. The number of carbonyl (C=O) groups is 1. The summed E-state index contributed by atoms with van der Waals surface area (Å²) in [5.74, 6) is -0.529. The van der Waals surface area contributed by atoms with Gasteiger partial charge in [-0.1, -0.05) is 65.7 Å². The summed E-state index contributed by atoms with van der Waals surface area (Å²) in [5.41, 5.74) is 8.09. The molecule has 0 aliphatic carbocycles. The van der Waals surface area contributed by atoms with Crippen molar-refractivity contribution in [1.82, 2.24) is 14.3 Å². The van der Waals surface area contributed by atoms with E-state index < -0.39 is 15.9 Å². The van der Waals surface area contributed by atoms with E-state index in [1.54, 1.807) is 30.5 Å². The van der Waals surface area contributed by atoms with Gasteiger partial charge in [0.15, 0.2) is 0 Å². The van der Waals surface area contributed by atoms with Crippen LogP contribution in [0, 0.1) is 20.8 Å². The van der Waals surface area contributed by atoms with Crippen molar-refractivity contribution >= 4 is 33.7 Å². The van der Waals surface area contributed by atoms with Gasteiger partial charge in [0.2, 0.25) is 10.0 Å². The van der Waals surface area contributed by atoms with Crippen LogP contribution in [-0.2, 0) is 21.2 Å². The molecule has 1 N–H and O–H groups in total. The molecular weight excluding hydrogens is 532 g/mol. The largest absolute Gasteiger partial charge is 0.318 e. The predicted octanol–water partition coefficient (Wildman–Crippen LogP) is 5.44. The van der Waals surface area contributed by atoms with Gasteiger partial charge in [-0.3, -0.25) is 4.79 Å². The molecule has 39 heavy (non-hydrogen) atoms. The lowest BCUT2D eigenvalue weighted by atomic mass is 10.1. The van der Waals surface area contributed by atoms with Gasteiger partial charge in [-0.05, 0) is 69.2 Å². The van der Waals surface area contributed by atoms with E-state index in [-0.39, 0.29) is 18.0 Å². The summed E-state index contributed by atoms with van der Waals surface area (Å²) < 4.78 is 30.1. The molecule has 0 bridgehead atoms. The summed E-state index contributed by atoms with van der Waals surface area (Å²) in [4.78, 5) is 13.0. The van der Waals surface area contributed by atoms with Crippen molar-refractivity contribution < 1.29 is 13.2 Å². The highest BCUT2D eigenvalue weighted by Gasteiger charge is 2.26. The zero-order valence-electron chi connectivity index (χ0n) is 22.1. The van der Waals surface area contributed by atoms with Crippen molar-refractivity contribution in [2.45, 2.75) is 32.1 Å². The smallest absolute Gasteiger partial charge is 0.255 e. The van der Waals surface area contributed by atoms with Gasteiger partial charge in [0, 0.05) is 34.2 Å². The number of hydrazone groups is 1. The first kappa shape index (κ1) is 28.3. The summed E-state index contributed by atoms with van der Waals surface area (Å²) in [6.07, 6.45) is 2.03. The molecule has 0 spiro atoms. The Hall–Kier alpha value is -3.72. The first-order chi connectivity index (χ1) is 18.6. The predicted molar refractivity (Wildman–Crippen MR) is 156 cm³/mol. The minimum Gasteiger partial charge on any atom is -0.318 e. The highest BCUT2D eigenvalue weighted by molar-refractivity contribution is 7.89. The Labute approximate surface area is 234 Å². The quantitative estimate of drug-likeness (QED) is 0.206. The number of aromatic nitrogens is 1. The first-order valence-corrected chi connectivity index (χ1v) is 14.3. The Balaban J connectivity index is 1.49. The molecule has 1 aromatic heterocycles. The molecule has 1 heterocycles. The molecular formula is C30H31ClN4O3S. The van der Waals surface area contributed by atoms with Crippen LogP contribution in [0.3, 0.4) is 0 Å². The lowest BCUT2D eigenvalue weighted by molar-refractivity contribution is -0.121. The van der Waals surface area contributed by atoms with Crippen molar-refractivity contribution in [2.75, 3.05) is 13.1 Å². The van der Waals surface area contributed by atoms with Gasteiger partial charge in [-0.25, -0.2) is 13.8 Å². The topological polar surface area (TPSA) is 83.8 Å². The fourth-order valence-corrected chi connectivity index (χ4v) is 5.92. The number of nitrogens with zero attached hydrogens (tertiary/aromatic N) is 3.